The van der Waals surface area contributed by atoms with E-state index in [9.17, 15) is 4.79 Å². The fourth-order valence-corrected chi connectivity index (χ4v) is 1.61. The predicted octanol–water partition coefficient (Wildman–Crippen LogP) is 0.783. The quantitative estimate of drug-likeness (QED) is 0.823. The Morgan fingerprint density at radius 3 is 2.65 bits per heavy atom. The number of rotatable bonds is 5. The van der Waals surface area contributed by atoms with Gasteiger partial charge in [0.2, 0.25) is 0 Å². The number of aromatic nitrogens is 2. The van der Waals surface area contributed by atoms with Gasteiger partial charge in [0.1, 0.15) is 0 Å². The van der Waals surface area contributed by atoms with E-state index in [1.54, 1.807) is 12.3 Å². The maximum Gasteiger partial charge on any atom is 0.269 e. The predicted molar refractivity (Wildman–Crippen MR) is 70.4 cm³/mol. The SMILES string of the molecule is CCCN(C)c1cnn(C(C)(C)CN)c(=O)c1. The average molecular weight is 238 g/mol. The average Bonchev–Trinajstić information content (AvgIpc) is 2.29. The molecule has 1 aromatic rings. The first-order chi connectivity index (χ1) is 7.92. The molecule has 2 N–H and O–H groups in total. The second-order valence-corrected chi connectivity index (χ2v) is 4.90. The molecule has 0 bridgehead atoms. The van der Waals surface area contributed by atoms with Gasteiger partial charge in [-0.1, -0.05) is 6.92 Å². The van der Waals surface area contributed by atoms with Crippen LogP contribution in [0.1, 0.15) is 27.2 Å². The van der Waals surface area contributed by atoms with Crippen molar-refractivity contribution >= 4 is 5.69 Å². The molecule has 5 heteroatoms. The van der Waals surface area contributed by atoms with E-state index in [4.69, 9.17) is 5.73 Å². The first-order valence-electron chi connectivity index (χ1n) is 5.93. The van der Waals surface area contributed by atoms with Gasteiger partial charge in [-0.3, -0.25) is 4.79 Å². The van der Waals surface area contributed by atoms with Crippen LogP contribution in [-0.2, 0) is 5.54 Å². The topological polar surface area (TPSA) is 64.2 Å². The number of hydrogen-bond donors (Lipinski definition) is 1. The molecule has 0 radical (unpaired) electrons. The summed E-state index contributed by atoms with van der Waals surface area (Å²) in [7, 11) is 1.96. The zero-order valence-corrected chi connectivity index (χ0v) is 11.1. The first-order valence-corrected chi connectivity index (χ1v) is 5.93. The zero-order chi connectivity index (χ0) is 13.1. The molecule has 0 fully saturated rings. The molecule has 0 atom stereocenters. The van der Waals surface area contributed by atoms with E-state index in [-0.39, 0.29) is 5.56 Å². The molecule has 1 heterocycles. The van der Waals surface area contributed by atoms with Crippen LogP contribution in [0.25, 0.3) is 0 Å². The summed E-state index contributed by atoms with van der Waals surface area (Å²) in [6.45, 7) is 7.19. The van der Waals surface area contributed by atoms with Crippen molar-refractivity contribution < 1.29 is 0 Å². The van der Waals surface area contributed by atoms with Crippen molar-refractivity contribution in [3.05, 3.63) is 22.6 Å². The first kappa shape index (κ1) is 13.7. The van der Waals surface area contributed by atoms with Gasteiger partial charge in [-0.2, -0.15) is 5.10 Å². The van der Waals surface area contributed by atoms with Crippen LogP contribution in [0.5, 0.6) is 0 Å². The van der Waals surface area contributed by atoms with E-state index >= 15 is 0 Å². The summed E-state index contributed by atoms with van der Waals surface area (Å²) in [6.07, 6.45) is 2.75. The lowest BCUT2D eigenvalue weighted by Crippen LogP contribution is -2.43. The standard InChI is InChI=1S/C12H22N4O/c1-5-6-15(4)10-7-11(17)16(14-8-10)12(2,3)9-13/h7-8H,5-6,9,13H2,1-4H3. The highest BCUT2D eigenvalue weighted by Gasteiger charge is 2.20. The molecule has 0 spiro atoms. The molecule has 0 amide bonds. The minimum Gasteiger partial charge on any atom is -0.373 e. The van der Waals surface area contributed by atoms with Gasteiger partial charge in [0.25, 0.3) is 5.56 Å². The van der Waals surface area contributed by atoms with Crippen LogP contribution >= 0.6 is 0 Å². The molecule has 0 saturated heterocycles. The summed E-state index contributed by atoms with van der Waals surface area (Å²) in [4.78, 5) is 14.0. The summed E-state index contributed by atoms with van der Waals surface area (Å²) in [5, 5.41) is 4.21. The molecular formula is C12H22N4O. The molecule has 0 saturated carbocycles. The second kappa shape index (κ2) is 5.31. The Hall–Kier alpha value is -1.36. The summed E-state index contributed by atoms with van der Waals surface area (Å²) in [6, 6.07) is 1.61. The number of anilines is 1. The smallest absolute Gasteiger partial charge is 0.269 e. The van der Waals surface area contributed by atoms with Gasteiger partial charge in [0.15, 0.2) is 0 Å². The van der Waals surface area contributed by atoms with Gasteiger partial charge >= 0.3 is 0 Å². The minimum absolute atomic E-state index is 0.110. The van der Waals surface area contributed by atoms with Crippen molar-refractivity contribution in [1.82, 2.24) is 9.78 Å². The monoisotopic (exact) mass is 238 g/mol. The van der Waals surface area contributed by atoms with Crippen LogP contribution < -0.4 is 16.2 Å². The molecule has 0 aromatic carbocycles. The van der Waals surface area contributed by atoms with Crippen molar-refractivity contribution in [2.24, 2.45) is 5.73 Å². The highest BCUT2D eigenvalue weighted by molar-refractivity contribution is 5.41. The van der Waals surface area contributed by atoms with Crippen molar-refractivity contribution in [1.29, 1.82) is 0 Å². The highest BCUT2D eigenvalue weighted by atomic mass is 16.1. The van der Waals surface area contributed by atoms with Crippen LogP contribution in [0.3, 0.4) is 0 Å². The molecule has 0 aliphatic rings. The third-order valence-corrected chi connectivity index (χ3v) is 2.86. The molecule has 1 aromatic heterocycles. The minimum atomic E-state index is -0.445. The van der Waals surface area contributed by atoms with Gasteiger partial charge in [0, 0.05) is 26.2 Å². The number of hydrogen-bond acceptors (Lipinski definition) is 4. The normalized spacial score (nSPS) is 11.6. The third-order valence-electron chi connectivity index (χ3n) is 2.86. The maximum absolute atomic E-state index is 12.0. The summed E-state index contributed by atoms with van der Waals surface area (Å²) < 4.78 is 1.44. The lowest BCUT2D eigenvalue weighted by molar-refractivity contribution is 0.314. The van der Waals surface area contributed by atoms with Gasteiger partial charge in [-0.05, 0) is 20.3 Å². The Balaban J connectivity index is 3.06. The van der Waals surface area contributed by atoms with Gasteiger partial charge in [-0.15, -0.1) is 0 Å². The highest BCUT2D eigenvalue weighted by Crippen LogP contribution is 2.12. The van der Waals surface area contributed by atoms with Crippen LogP contribution in [0, 0.1) is 0 Å². The Morgan fingerprint density at radius 2 is 2.18 bits per heavy atom. The van der Waals surface area contributed by atoms with Crippen molar-refractivity contribution in [2.75, 3.05) is 25.0 Å². The van der Waals surface area contributed by atoms with E-state index in [0.29, 0.717) is 6.54 Å². The Morgan fingerprint density at radius 1 is 1.53 bits per heavy atom. The number of nitrogens with zero attached hydrogens (tertiary/aromatic N) is 3. The van der Waals surface area contributed by atoms with Gasteiger partial charge < -0.3 is 10.6 Å². The van der Waals surface area contributed by atoms with E-state index in [2.05, 4.69) is 12.0 Å². The largest absolute Gasteiger partial charge is 0.373 e. The van der Waals surface area contributed by atoms with Crippen LogP contribution in [0.15, 0.2) is 17.1 Å². The van der Waals surface area contributed by atoms with Crippen LogP contribution in [-0.4, -0.2) is 29.9 Å². The Kier molecular flexibility index (Phi) is 4.28. The zero-order valence-electron chi connectivity index (χ0n) is 11.1. The lowest BCUT2D eigenvalue weighted by Gasteiger charge is -2.25. The Bertz CT molecular complexity index is 425. The van der Waals surface area contributed by atoms with E-state index < -0.39 is 5.54 Å². The molecule has 1 rings (SSSR count). The fourth-order valence-electron chi connectivity index (χ4n) is 1.61. The molecular weight excluding hydrogens is 216 g/mol. The van der Waals surface area contributed by atoms with E-state index in [0.717, 1.165) is 18.7 Å². The second-order valence-electron chi connectivity index (χ2n) is 4.90. The Labute approximate surface area is 102 Å². The van der Waals surface area contributed by atoms with Crippen LogP contribution in [0.2, 0.25) is 0 Å². The molecule has 0 aliphatic carbocycles. The van der Waals surface area contributed by atoms with Crippen molar-refractivity contribution in [2.45, 2.75) is 32.7 Å². The van der Waals surface area contributed by atoms with E-state index in [1.807, 2.05) is 25.8 Å². The molecule has 0 unspecified atom stereocenters. The van der Waals surface area contributed by atoms with E-state index in [1.165, 1.54) is 4.68 Å². The molecule has 17 heavy (non-hydrogen) atoms. The molecule has 0 aliphatic heterocycles. The summed E-state index contributed by atoms with van der Waals surface area (Å²) in [5.74, 6) is 0. The summed E-state index contributed by atoms with van der Waals surface area (Å²) >= 11 is 0. The van der Waals surface area contributed by atoms with Crippen LogP contribution in [0.4, 0.5) is 5.69 Å². The van der Waals surface area contributed by atoms with Crippen molar-refractivity contribution in [3.8, 4) is 0 Å². The van der Waals surface area contributed by atoms with Gasteiger partial charge in [-0.25, -0.2) is 4.68 Å². The maximum atomic E-state index is 12.0. The van der Waals surface area contributed by atoms with Gasteiger partial charge in [0.05, 0.1) is 17.4 Å². The number of nitrogens with two attached hydrogens (primary N) is 1. The van der Waals surface area contributed by atoms with Crippen molar-refractivity contribution in [3.63, 3.8) is 0 Å². The fraction of sp³-hybridized carbons (Fsp3) is 0.667. The third kappa shape index (κ3) is 3.06. The molecule has 96 valence electrons. The molecule has 5 nitrogen and oxygen atoms in total. The summed E-state index contributed by atoms with van der Waals surface area (Å²) in [5.41, 5.74) is 5.93. The lowest BCUT2D eigenvalue weighted by atomic mass is 10.1.